The van der Waals surface area contributed by atoms with Gasteiger partial charge in [0.25, 0.3) is 0 Å². The molecular formula is C17H26ClNO. The predicted molar refractivity (Wildman–Crippen MR) is 85.7 cm³/mol. The van der Waals surface area contributed by atoms with E-state index in [0.29, 0.717) is 12.2 Å². The zero-order valence-corrected chi connectivity index (χ0v) is 14.0. The topological polar surface area (TPSA) is 12.5 Å². The van der Waals surface area contributed by atoms with Crippen molar-refractivity contribution in [2.24, 2.45) is 0 Å². The summed E-state index contributed by atoms with van der Waals surface area (Å²) in [5.41, 5.74) is 5.21. The van der Waals surface area contributed by atoms with E-state index in [1.54, 1.807) is 0 Å². The van der Waals surface area contributed by atoms with Crippen LogP contribution in [0.5, 0.6) is 0 Å². The van der Waals surface area contributed by atoms with Gasteiger partial charge in [0.1, 0.15) is 0 Å². The van der Waals surface area contributed by atoms with Gasteiger partial charge in [-0.1, -0.05) is 17.7 Å². The number of hydrogen-bond acceptors (Lipinski definition) is 2. The van der Waals surface area contributed by atoms with Gasteiger partial charge in [0.05, 0.1) is 17.6 Å². The highest BCUT2D eigenvalue weighted by Crippen LogP contribution is 2.29. The average Bonchev–Trinajstić information content (AvgIpc) is 2.25. The third kappa shape index (κ3) is 3.75. The van der Waals surface area contributed by atoms with Crippen molar-refractivity contribution in [2.75, 3.05) is 19.6 Å². The Morgan fingerprint density at radius 1 is 1.15 bits per heavy atom. The number of aryl methyl sites for hydroxylation is 3. The molecule has 1 saturated heterocycles. The molecule has 1 heterocycles. The van der Waals surface area contributed by atoms with Gasteiger partial charge in [0, 0.05) is 19.6 Å². The molecule has 0 bridgehead atoms. The maximum absolute atomic E-state index is 6.72. The normalized spacial score (nSPS) is 25.7. The summed E-state index contributed by atoms with van der Waals surface area (Å²) >= 11 is 6.72. The van der Waals surface area contributed by atoms with E-state index in [1.807, 2.05) is 0 Å². The molecule has 20 heavy (non-hydrogen) atoms. The van der Waals surface area contributed by atoms with Gasteiger partial charge < -0.3 is 4.74 Å². The van der Waals surface area contributed by atoms with E-state index in [9.17, 15) is 0 Å². The van der Waals surface area contributed by atoms with Crippen molar-refractivity contribution in [3.8, 4) is 0 Å². The molecule has 3 heteroatoms. The van der Waals surface area contributed by atoms with E-state index in [1.165, 1.54) is 22.3 Å². The van der Waals surface area contributed by atoms with Crippen LogP contribution in [0.15, 0.2) is 12.1 Å². The number of morpholine rings is 1. The van der Waals surface area contributed by atoms with Crippen molar-refractivity contribution in [3.05, 3.63) is 34.4 Å². The van der Waals surface area contributed by atoms with Crippen LogP contribution in [0.2, 0.25) is 0 Å². The molecule has 3 unspecified atom stereocenters. The van der Waals surface area contributed by atoms with Crippen molar-refractivity contribution >= 4 is 11.6 Å². The minimum atomic E-state index is 0.0492. The van der Waals surface area contributed by atoms with Crippen molar-refractivity contribution < 1.29 is 4.74 Å². The first-order valence-electron chi connectivity index (χ1n) is 7.46. The zero-order chi connectivity index (χ0) is 14.9. The lowest BCUT2D eigenvalue weighted by atomic mass is 9.96. The van der Waals surface area contributed by atoms with E-state index >= 15 is 0 Å². The molecule has 0 aromatic heterocycles. The van der Waals surface area contributed by atoms with Gasteiger partial charge in [-0.2, -0.15) is 0 Å². The Hall–Kier alpha value is -0.570. The number of halogens is 1. The van der Waals surface area contributed by atoms with E-state index in [0.717, 1.165) is 19.6 Å². The Labute approximate surface area is 128 Å². The molecule has 2 nitrogen and oxygen atoms in total. The summed E-state index contributed by atoms with van der Waals surface area (Å²) in [4.78, 5) is 2.43. The van der Waals surface area contributed by atoms with Crippen LogP contribution in [-0.2, 0) is 4.74 Å². The van der Waals surface area contributed by atoms with Crippen LogP contribution in [0.25, 0.3) is 0 Å². The highest BCUT2D eigenvalue weighted by Gasteiger charge is 2.25. The molecule has 0 amide bonds. The second-order valence-electron chi connectivity index (χ2n) is 6.26. The minimum Gasteiger partial charge on any atom is -0.373 e. The third-order valence-electron chi connectivity index (χ3n) is 3.96. The maximum Gasteiger partial charge on any atom is 0.0717 e. The standard InChI is InChI=1S/C17H26ClNO/c1-11-6-12(2)17(13(3)7-11)16(18)10-19-8-14(4)20-15(5)9-19/h6-7,14-16H,8-10H2,1-5H3. The first kappa shape index (κ1) is 15.8. The smallest absolute Gasteiger partial charge is 0.0717 e. The maximum atomic E-state index is 6.72. The van der Waals surface area contributed by atoms with Gasteiger partial charge in [-0.05, 0) is 51.3 Å². The van der Waals surface area contributed by atoms with Crippen LogP contribution in [0.3, 0.4) is 0 Å². The van der Waals surface area contributed by atoms with E-state index in [2.05, 4.69) is 51.7 Å². The minimum absolute atomic E-state index is 0.0492. The molecule has 1 fully saturated rings. The van der Waals surface area contributed by atoms with Crippen molar-refractivity contribution in [3.63, 3.8) is 0 Å². The lowest BCUT2D eigenvalue weighted by Gasteiger charge is -2.36. The fraction of sp³-hybridized carbons (Fsp3) is 0.647. The lowest BCUT2D eigenvalue weighted by molar-refractivity contribution is -0.0678. The molecule has 0 spiro atoms. The molecular weight excluding hydrogens is 270 g/mol. The summed E-state index contributed by atoms with van der Waals surface area (Å²) in [5, 5.41) is 0.0492. The Kier molecular flexibility index (Phi) is 5.11. The van der Waals surface area contributed by atoms with Gasteiger partial charge in [-0.3, -0.25) is 4.90 Å². The van der Waals surface area contributed by atoms with Gasteiger partial charge >= 0.3 is 0 Å². The number of alkyl halides is 1. The molecule has 0 radical (unpaired) electrons. The molecule has 1 aliphatic rings. The predicted octanol–water partition coefficient (Wildman–Crippen LogP) is 4.00. The van der Waals surface area contributed by atoms with Crippen LogP contribution in [0.1, 0.15) is 41.5 Å². The quantitative estimate of drug-likeness (QED) is 0.782. The van der Waals surface area contributed by atoms with Gasteiger partial charge in [0.2, 0.25) is 0 Å². The SMILES string of the molecule is Cc1cc(C)c(C(Cl)CN2CC(C)OC(C)C2)c(C)c1. The average molecular weight is 296 g/mol. The van der Waals surface area contributed by atoms with Crippen LogP contribution in [-0.4, -0.2) is 36.7 Å². The van der Waals surface area contributed by atoms with Gasteiger partial charge in [-0.15, -0.1) is 11.6 Å². The second kappa shape index (κ2) is 6.46. The summed E-state index contributed by atoms with van der Waals surface area (Å²) in [6.45, 7) is 13.6. The molecule has 1 aliphatic heterocycles. The Morgan fingerprint density at radius 3 is 2.15 bits per heavy atom. The highest BCUT2D eigenvalue weighted by atomic mass is 35.5. The molecule has 3 atom stereocenters. The molecule has 0 N–H and O–H groups in total. The Balaban J connectivity index is 2.10. The summed E-state index contributed by atoms with van der Waals surface area (Å²) in [5.74, 6) is 0. The van der Waals surface area contributed by atoms with Gasteiger partial charge in [0.15, 0.2) is 0 Å². The van der Waals surface area contributed by atoms with Gasteiger partial charge in [-0.25, -0.2) is 0 Å². The van der Waals surface area contributed by atoms with Crippen molar-refractivity contribution in [1.82, 2.24) is 4.90 Å². The van der Waals surface area contributed by atoms with Crippen LogP contribution in [0.4, 0.5) is 0 Å². The second-order valence-corrected chi connectivity index (χ2v) is 6.78. The van der Waals surface area contributed by atoms with Crippen LogP contribution >= 0.6 is 11.6 Å². The number of rotatable bonds is 3. The van der Waals surface area contributed by atoms with Crippen LogP contribution < -0.4 is 0 Å². The van der Waals surface area contributed by atoms with Crippen LogP contribution in [0, 0.1) is 20.8 Å². The molecule has 0 saturated carbocycles. The first-order chi connectivity index (χ1) is 9.36. The molecule has 0 aliphatic carbocycles. The number of nitrogens with zero attached hydrogens (tertiary/aromatic N) is 1. The molecule has 1 aromatic carbocycles. The summed E-state index contributed by atoms with van der Waals surface area (Å²) in [7, 11) is 0. The Bertz CT molecular complexity index is 441. The largest absolute Gasteiger partial charge is 0.373 e. The Morgan fingerprint density at radius 2 is 1.65 bits per heavy atom. The zero-order valence-electron chi connectivity index (χ0n) is 13.2. The highest BCUT2D eigenvalue weighted by molar-refractivity contribution is 6.21. The third-order valence-corrected chi connectivity index (χ3v) is 4.32. The van der Waals surface area contributed by atoms with E-state index in [4.69, 9.17) is 16.3 Å². The first-order valence-corrected chi connectivity index (χ1v) is 7.90. The summed E-state index contributed by atoms with van der Waals surface area (Å²) in [6, 6.07) is 4.45. The van der Waals surface area contributed by atoms with E-state index < -0.39 is 0 Å². The number of hydrogen-bond donors (Lipinski definition) is 0. The fourth-order valence-corrected chi connectivity index (χ4v) is 3.98. The summed E-state index contributed by atoms with van der Waals surface area (Å²) < 4.78 is 5.78. The lowest BCUT2D eigenvalue weighted by Crippen LogP contribution is -2.46. The summed E-state index contributed by atoms with van der Waals surface area (Å²) in [6.07, 6.45) is 0.589. The fourth-order valence-electron chi connectivity index (χ4n) is 3.44. The van der Waals surface area contributed by atoms with E-state index in [-0.39, 0.29) is 5.38 Å². The number of benzene rings is 1. The molecule has 112 valence electrons. The number of ether oxygens (including phenoxy) is 1. The molecule has 2 rings (SSSR count). The van der Waals surface area contributed by atoms with Crippen molar-refractivity contribution in [1.29, 1.82) is 0 Å². The monoisotopic (exact) mass is 295 g/mol. The van der Waals surface area contributed by atoms with Crippen molar-refractivity contribution in [2.45, 2.75) is 52.2 Å². The molecule has 1 aromatic rings.